The van der Waals surface area contributed by atoms with Crippen molar-refractivity contribution in [3.8, 4) is 5.75 Å². The van der Waals surface area contributed by atoms with Crippen molar-refractivity contribution in [2.24, 2.45) is 0 Å². The second-order valence-electron chi connectivity index (χ2n) is 6.32. The Morgan fingerprint density at radius 1 is 1.16 bits per heavy atom. The van der Waals surface area contributed by atoms with Gasteiger partial charge in [-0.3, -0.25) is 0 Å². The molecule has 1 aliphatic rings. The molecular weight excluding hydrogens is 383 g/mol. The molecule has 4 rings (SSSR count). The van der Waals surface area contributed by atoms with Crippen LogP contribution in [0.25, 0.3) is 10.9 Å². The van der Waals surface area contributed by atoms with Gasteiger partial charge in [0.15, 0.2) is 0 Å². The molecule has 130 valence electrons. The van der Waals surface area contributed by atoms with Crippen molar-refractivity contribution in [2.45, 2.75) is 25.9 Å². The number of ether oxygens (including phenoxy) is 1. The van der Waals surface area contributed by atoms with Crippen LogP contribution in [-0.2, 0) is 19.5 Å². The third kappa shape index (κ3) is 3.44. The Morgan fingerprint density at radius 3 is 2.84 bits per heavy atom. The van der Waals surface area contributed by atoms with Crippen LogP contribution in [0.4, 0.5) is 4.39 Å². The molecule has 1 aliphatic heterocycles. The Hall–Kier alpha value is -1.85. The summed E-state index contributed by atoms with van der Waals surface area (Å²) in [6, 6.07) is 13.0. The molecule has 0 saturated carbocycles. The molecule has 0 spiro atoms. The van der Waals surface area contributed by atoms with Gasteiger partial charge in [-0.15, -0.1) is 0 Å². The number of hydrogen-bond acceptors (Lipinski definition) is 2. The van der Waals surface area contributed by atoms with Crippen molar-refractivity contribution < 1.29 is 9.13 Å². The maximum Gasteiger partial charge on any atom is 0.123 e. The second-order valence-corrected chi connectivity index (χ2v) is 7.24. The zero-order valence-corrected chi connectivity index (χ0v) is 15.5. The summed E-state index contributed by atoms with van der Waals surface area (Å²) in [4.78, 5) is 0. The number of hydrogen-bond donors (Lipinski definition) is 1. The Labute approximate surface area is 154 Å². The molecular formula is C20H20BrFN2O. The summed E-state index contributed by atoms with van der Waals surface area (Å²) in [7, 11) is 0. The van der Waals surface area contributed by atoms with E-state index in [1.165, 1.54) is 11.3 Å². The van der Waals surface area contributed by atoms with E-state index >= 15 is 0 Å². The van der Waals surface area contributed by atoms with Crippen LogP contribution < -0.4 is 10.1 Å². The van der Waals surface area contributed by atoms with Crippen LogP contribution in [0, 0.1) is 5.82 Å². The molecule has 3 nitrogen and oxygen atoms in total. The fourth-order valence-corrected chi connectivity index (χ4v) is 3.82. The smallest absolute Gasteiger partial charge is 0.123 e. The topological polar surface area (TPSA) is 26.2 Å². The summed E-state index contributed by atoms with van der Waals surface area (Å²) in [6.45, 7) is 3.34. The van der Waals surface area contributed by atoms with Gasteiger partial charge in [-0.1, -0.05) is 15.9 Å². The average molecular weight is 403 g/mol. The number of nitrogens with one attached hydrogen (secondary N) is 1. The molecule has 2 aromatic carbocycles. The van der Waals surface area contributed by atoms with Crippen LogP contribution in [0.5, 0.6) is 5.75 Å². The van der Waals surface area contributed by atoms with Gasteiger partial charge in [-0.25, -0.2) is 4.39 Å². The molecule has 3 aromatic rings. The molecule has 0 bridgehead atoms. The van der Waals surface area contributed by atoms with Crippen LogP contribution >= 0.6 is 15.9 Å². The van der Waals surface area contributed by atoms with Crippen LogP contribution in [0.2, 0.25) is 0 Å². The van der Waals surface area contributed by atoms with Crippen molar-refractivity contribution in [3.63, 3.8) is 0 Å². The number of aryl methyl sites for hydroxylation is 1. The summed E-state index contributed by atoms with van der Waals surface area (Å²) in [5.41, 5.74) is 3.70. The van der Waals surface area contributed by atoms with E-state index in [0.717, 1.165) is 53.6 Å². The molecule has 0 saturated heterocycles. The first-order chi connectivity index (χ1) is 12.2. The highest BCUT2D eigenvalue weighted by Crippen LogP contribution is 2.29. The van der Waals surface area contributed by atoms with Crippen molar-refractivity contribution in [1.82, 2.24) is 9.88 Å². The first-order valence-corrected chi connectivity index (χ1v) is 9.40. The predicted molar refractivity (Wildman–Crippen MR) is 102 cm³/mol. The van der Waals surface area contributed by atoms with E-state index < -0.39 is 0 Å². The lowest BCUT2D eigenvalue weighted by molar-refractivity contribution is 0.301. The SMILES string of the molecule is Fc1ccc2c(c1)c1c(n2CCCOc2ccc(Br)cc2)CCNC1. The molecule has 0 amide bonds. The molecule has 0 unspecified atom stereocenters. The highest BCUT2D eigenvalue weighted by atomic mass is 79.9. The number of benzene rings is 2. The van der Waals surface area contributed by atoms with Gasteiger partial charge in [0.25, 0.3) is 0 Å². The molecule has 0 fully saturated rings. The van der Waals surface area contributed by atoms with Gasteiger partial charge in [0.05, 0.1) is 6.61 Å². The minimum absolute atomic E-state index is 0.170. The van der Waals surface area contributed by atoms with Crippen LogP contribution in [0.15, 0.2) is 46.9 Å². The second kappa shape index (κ2) is 7.18. The van der Waals surface area contributed by atoms with Crippen molar-refractivity contribution in [2.75, 3.05) is 13.2 Å². The summed E-state index contributed by atoms with van der Waals surface area (Å²) >= 11 is 3.43. The molecule has 0 atom stereocenters. The fraction of sp³-hybridized carbons (Fsp3) is 0.300. The maximum atomic E-state index is 13.7. The predicted octanol–water partition coefficient (Wildman–Crippen LogP) is 4.66. The molecule has 25 heavy (non-hydrogen) atoms. The minimum Gasteiger partial charge on any atom is -0.494 e. The lowest BCUT2D eigenvalue weighted by Crippen LogP contribution is -2.24. The van der Waals surface area contributed by atoms with Crippen molar-refractivity contribution in [1.29, 1.82) is 0 Å². The van der Waals surface area contributed by atoms with Gasteiger partial charge in [0, 0.05) is 47.1 Å². The molecule has 0 radical (unpaired) electrons. The first-order valence-electron chi connectivity index (χ1n) is 8.61. The van der Waals surface area contributed by atoms with Crippen LogP contribution in [-0.4, -0.2) is 17.7 Å². The number of aromatic nitrogens is 1. The number of fused-ring (bicyclic) bond motifs is 3. The molecule has 0 aliphatic carbocycles. The third-order valence-electron chi connectivity index (χ3n) is 4.70. The normalized spacial score (nSPS) is 13.8. The monoisotopic (exact) mass is 402 g/mol. The zero-order valence-electron chi connectivity index (χ0n) is 13.9. The molecule has 2 heterocycles. The van der Waals surface area contributed by atoms with Gasteiger partial charge < -0.3 is 14.6 Å². The summed E-state index contributed by atoms with van der Waals surface area (Å²) in [6.07, 6.45) is 1.90. The van der Waals surface area contributed by atoms with Gasteiger partial charge in [-0.05, 0) is 54.4 Å². The minimum atomic E-state index is -0.170. The standard InChI is InChI=1S/C20H20BrFN2O/c21-14-2-5-16(6-3-14)25-11-1-10-24-19-7-4-15(22)12-17(19)18-13-23-9-8-20(18)24/h2-7,12,23H,1,8-11,13H2. The Morgan fingerprint density at radius 2 is 2.00 bits per heavy atom. The van der Waals surface area contributed by atoms with E-state index in [0.29, 0.717) is 6.61 Å². The number of rotatable bonds is 5. The third-order valence-corrected chi connectivity index (χ3v) is 5.23. The Bertz CT molecular complexity index is 889. The van der Waals surface area contributed by atoms with E-state index in [1.54, 1.807) is 12.1 Å². The van der Waals surface area contributed by atoms with E-state index in [4.69, 9.17) is 4.74 Å². The van der Waals surface area contributed by atoms with Crippen LogP contribution in [0.3, 0.4) is 0 Å². The van der Waals surface area contributed by atoms with Gasteiger partial charge >= 0.3 is 0 Å². The van der Waals surface area contributed by atoms with Crippen molar-refractivity contribution >= 4 is 26.8 Å². The summed E-state index contributed by atoms with van der Waals surface area (Å²) in [5, 5.41) is 4.43. The van der Waals surface area contributed by atoms with Crippen LogP contribution in [0.1, 0.15) is 17.7 Å². The Balaban J connectivity index is 1.50. The lowest BCUT2D eigenvalue weighted by Gasteiger charge is -2.17. The Kier molecular flexibility index (Phi) is 4.77. The first kappa shape index (κ1) is 16.6. The molecule has 1 aromatic heterocycles. The quantitative estimate of drug-likeness (QED) is 0.628. The van der Waals surface area contributed by atoms with E-state index in [1.807, 2.05) is 30.3 Å². The highest BCUT2D eigenvalue weighted by Gasteiger charge is 2.19. The maximum absolute atomic E-state index is 13.7. The van der Waals surface area contributed by atoms with Gasteiger partial charge in [0.2, 0.25) is 0 Å². The zero-order chi connectivity index (χ0) is 17.2. The number of halogens is 2. The lowest BCUT2D eigenvalue weighted by atomic mass is 10.1. The largest absolute Gasteiger partial charge is 0.494 e. The van der Waals surface area contributed by atoms with E-state index in [2.05, 4.69) is 25.8 Å². The van der Waals surface area contributed by atoms with E-state index in [9.17, 15) is 4.39 Å². The van der Waals surface area contributed by atoms with Gasteiger partial charge in [0.1, 0.15) is 11.6 Å². The fourth-order valence-electron chi connectivity index (χ4n) is 3.55. The van der Waals surface area contributed by atoms with E-state index in [-0.39, 0.29) is 5.82 Å². The molecule has 5 heteroatoms. The number of nitrogens with zero attached hydrogens (tertiary/aromatic N) is 1. The molecule has 1 N–H and O–H groups in total. The average Bonchev–Trinajstić information content (AvgIpc) is 2.94. The summed E-state index contributed by atoms with van der Waals surface area (Å²) < 4.78 is 22.9. The van der Waals surface area contributed by atoms with Gasteiger partial charge in [-0.2, -0.15) is 0 Å². The van der Waals surface area contributed by atoms with Crippen molar-refractivity contribution in [3.05, 3.63) is 64.0 Å². The summed E-state index contributed by atoms with van der Waals surface area (Å²) in [5.74, 6) is 0.713. The highest BCUT2D eigenvalue weighted by molar-refractivity contribution is 9.10.